The van der Waals surface area contributed by atoms with Crippen LogP contribution in [-0.4, -0.2) is 20.6 Å². The van der Waals surface area contributed by atoms with E-state index in [9.17, 15) is 4.79 Å². The van der Waals surface area contributed by atoms with E-state index in [1.54, 1.807) is 10.7 Å². The van der Waals surface area contributed by atoms with Gasteiger partial charge in [0.25, 0.3) is 0 Å². The van der Waals surface area contributed by atoms with E-state index in [0.717, 1.165) is 5.52 Å². The van der Waals surface area contributed by atoms with Crippen LogP contribution in [0.2, 0.25) is 0 Å². The minimum absolute atomic E-state index is 0.0591. The first-order valence-corrected chi connectivity index (χ1v) is 4.60. The number of aromatic nitrogens is 3. The highest BCUT2D eigenvalue weighted by Crippen LogP contribution is 2.06. The molecule has 4 nitrogen and oxygen atoms in total. The molecule has 0 spiro atoms. The van der Waals surface area contributed by atoms with E-state index in [2.05, 4.69) is 10.3 Å². The van der Waals surface area contributed by atoms with Crippen LogP contribution in [0.3, 0.4) is 0 Å². The van der Waals surface area contributed by atoms with Gasteiger partial charge >= 0.3 is 0 Å². The van der Waals surface area contributed by atoms with Crippen molar-refractivity contribution in [3.8, 4) is 0 Å². The molecular formula is C10H13N3O. The van der Waals surface area contributed by atoms with Gasteiger partial charge in [0.1, 0.15) is 0 Å². The molecule has 0 aromatic carbocycles. The van der Waals surface area contributed by atoms with Gasteiger partial charge in [0.05, 0.1) is 5.52 Å². The molecule has 0 atom stereocenters. The average Bonchev–Trinajstić information content (AvgIpc) is 2.64. The fourth-order valence-electron chi connectivity index (χ4n) is 1.09. The van der Waals surface area contributed by atoms with Crippen molar-refractivity contribution < 1.29 is 4.79 Å². The number of hydrogen-bond donors (Lipinski definition) is 0. The summed E-state index contributed by atoms with van der Waals surface area (Å²) in [6.07, 6.45) is 1.76. The molecule has 2 rings (SSSR count). The lowest BCUT2D eigenvalue weighted by molar-refractivity contribution is 0.101. The third-order valence-electron chi connectivity index (χ3n) is 1.66. The highest BCUT2D eigenvalue weighted by molar-refractivity contribution is 5.98. The van der Waals surface area contributed by atoms with E-state index < -0.39 is 0 Å². The Kier molecular flexibility index (Phi) is 3.34. The maximum Gasteiger partial charge on any atom is 0.182 e. The van der Waals surface area contributed by atoms with Crippen LogP contribution in [0.4, 0.5) is 0 Å². The molecule has 0 unspecified atom stereocenters. The van der Waals surface area contributed by atoms with Crippen molar-refractivity contribution in [1.29, 1.82) is 0 Å². The van der Waals surface area contributed by atoms with Crippen molar-refractivity contribution in [3.63, 3.8) is 0 Å². The van der Waals surface area contributed by atoms with Crippen molar-refractivity contribution in [1.82, 2.24) is 14.8 Å². The van der Waals surface area contributed by atoms with Crippen molar-refractivity contribution >= 4 is 11.3 Å². The number of ketones is 1. The summed E-state index contributed by atoms with van der Waals surface area (Å²) in [6, 6.07) is 5.51. The molecule has 0 aliphatic carbocycles. The summed E-state index contributed by atoms with van der Waals surface area (Å²) in [5.41, 5.74) is 1.18. The van der Waals surface area contributed by atoms with Gasteiger partial charge in [0, 0.05) is 13.1 Å². The van der Waals surface area contributed by atoms with Crippen LogP contribution in [0.25, 0.3) is 5.52 Å². The lowest BCUT2D eigenvalue weighted by atomic mass is 10.2. The minimum atomic E-state index is -0.0591. The summed E-state index contributed by atoms with van der Waals surface area (Å²) in [7, 11) is 0. The number of pyridine rings is 1. The zero-order valence-electron chi connectivity index (χ0n) is 8.56. The van der Waals surface area contributed by atoms with Gasteiger partial charge in [-0.05, 0) is 12.1 Å². The Bertz CT molecular complexity index is 434. The van der Waals surface area contributed by atoms with Crippen LogP contribution in [0, 0.1) is 0 Å². The Labute approximate surface area is 82.6 Å². The van der Waals surface area contributed by atoms with Crippen LogP contribution >= 0.6 is 0 Å². The van der Waals surface area contributed by atoms with Gasteiger partial charge in [-0.25, -0.2) is 4.52 Å². The summed E-state index contributed by atoms with van der Waals surface area (Å²) in [4.78, 5) is 11.0. The average molecular weight is 191 g/mol. The maximum absolute atomic E-state index is 11.0. The number of hydrogen-bond acceptors (Lipinski definition) is 3. The number of rotatable bonds is 1. The van der Waals surface area contributed by atoms with Crippen LogP contribution in [0.15, 0.2) is 24.4 Å². The van der Waals surface area contributed by atoms with Gasteiger partial charge in [0.2, 0.25) is 0 Å². The molecular weight excluding hydrogens is 178 g/mol. The van der Waals surface area contributed by atoms with E-state index in [-0.39, 0.29) is 5.78 Å². The van der Waals surface area contributed by atoms with Crippen LogP contribution < -0.4 is 0 Å². The second kappa shape index (κ2) is 4.50. The fraction of sp³-hybridized carbons (Fsp3) is 0.300. The first-order valence-electron chi connectivity index (χ1n) is 4.60. The van der Waals surface area contributed by atoms with Crippen molar-refractivity contribution in [2.45, 2.75) is 20.8 Å². The minimum Gasteiger partial charge on any atom is -0.293 e. The fourth-order valence-corrected chi connectivity index (χ4v) is 1.09. The number of Topliss-reactive ketones (excluding diaryl/α,β-unsaturated/α-hetero) is 1. The lowest BCUT2D eigenvalue weighted by Gasteiger charge is -1.89. The van der Waals surface area contributed by atoms with E-state index in [0.29, 0.717) is 5.69 Å². The van der Waals surface area contributed by atoms with Crippen molar-refractivity contribution in [3.05, 3.63) is 30.1 Å². The molecule has 14 heavy (non-hydrogen) atoms. The van der Waals surface area contributed by atoms with Crippen LogP contribution in [0.5, 0.6) is 0 Å². The molecule has 0 bridgehead atoms. The number of carbonyl (C=O) groups excluding carboxylic acids is 1. The van der Waals surface area contributed by atoms with Crippen LogP contribution in [-0.2, 0) is 0 Å². The standard InChI is InChI=1S/C8H7N3O.C2H6/c1-6(12)8-7-4-2-3-5-11(7)10-9-8;1-2/h2-5H,1H3;1-2H3. The van der Waals surface area contributed by atoms with Gasteiger partial charge in [-0.1, -0.05) is 25.1 Å². The van der Waals surface area contributed by atoms with Gasteiger partial charge in [0.15, 0.2) is 11.5 Å². The van der Waals surface area contributed by atoms with Gasteiger partial charge < -0.3 is 0 Å². The molecule has 2 heterocycles. The third kappa shape index (κ3) is 1.79. The summed E-state index contributed by atoms with van der Waals surface area (Å²) in [5.74, 6) is -0.0591. The molecule has 2 aromatic heterocycles. The Hall–Kier alpha value is -1.71. The molecule has 0 saturated heterocycles. The largest absolute Gasteiger partial charge is 0.293 e. The number of nitrogens with zero attached hydrogens (tertiary/aromatic N) is 3. The first kappa shape index (κ1) is 10.4. The van der Waals surface area contributed by atoms with E-state index in [4.69, 9.17) is 0 Å². The molecule has 0 amide bonds. The molecule has 0 N–H and O–H groups in total. The lowest BCUT2D eigenvalue weighted by Crippen LogP contribution is -1.92. The molecule has 0 aliphatic heterocycles. The third-order valence-corrected chi connectivity index (χ3v) is 1.66. The summed E-state index contributed by atoms with van der Waals surface area (Å²) in [6.45, 7) is 5.48. The van der Waals surface area contributed by atoms with E-state index in [1.807, 2.05) is 32.0 Å². The second-order valence-corrected chi connectivity index (χ2v) is 2.52. The molecule has 0 fully saturated rings. The molecule has 2 aromatic rings. The van der Waals surface area contributed by atoms with E-state index in [1.165, 1.54) is 6.92 Å². The molecule has 74 valence electrons. The number of carbonyl (C=O) groups is 1. The Morgan fingerprint density at radius 3 is 2.71 bits per heavy atom. The second-order valence-electron chi connectivity index (χ2n) is 2.52. The molecule has 0 aliphatic rings. The first-order chi connectivity index (χ1) is 6.79. The quantitative estimate of drug-likeness (QED) is 0.647. The SMILES string of the molecule is CC.CC(=O)c1nnn2ccccc12. The highest BCUT2D eigenvalue weighted by Gasteiger charge is 2.08. The summed E-state index contributed by atoms with van der Waals surface area (Å²) < 4.78 is 1.58. The Morgan fingerprint density at radius 1 is 1.36 bits per heavy atom. The topological polar surface area (TPSA) is 47.3 Å². The van der Waals surface area contributed by atoms with E-state index >= 15 is 0 Å². The predicted octanol–water partition coefficient (Wildman–Crippen LogP) is 1.96. The monoisotopic (exact) mass is 191 g/mol. The molecule has 0 saturated carbocycles. The highest BCUT2D eigenvalue weighted by atomic mass is 16.1. The van der Waals surface area contributed by atoms with Crippen molar-refractivity contribution in [2.24, 2.45) is 0 Å². The normalized spacial score (nSPS) is 9.36. The Balaban J connectivity index is 0.000000461. The predicted molar refractivity (Wildman–Crippen MR) is 54.3 cm³/mol. The van der Waals surface area contributed by atoms with Gasteiger partial charge in [-0.15, -0.1) is 5.10 Å². The maximum atomic E-state index is 11.0. The Morgan fingerprint density at radius 2 is 2.07 bits per heavy atom. The summed E-state index contributed by atoms with van der Waals surface area (Å²) >= 11 is 0. The molecule has 0 radical (unpaired) electrons. The van der Waals surface area contributed by atoms with Crippen LogP contribution in [0.1, 0.15) is 31.3 Å². The number of fused-ring (bicyclic) bond motifs is 1. The zero-order valence-corrected chi connectivity index (χ0v) is 8.56. The summed E-state index contributed by atoms with van der Waals surface area (Å²) in [5, 5.41) is 7.54. The molecule has 4 heteroatoms. The zero-order chi connectivity index (χ0) is 10.6. The van der Waals surface area contributed by atoms with Gasteiger partial charge in [-0.2, -0.15) is 0 Å². The van der Waals surface area contributed by atoms with Crippen molar-refractivity contribution in [2.75, 3.05) is 0 Å². The smallest absolute Gasteiger partial charge is 0.182 e. The van der Waals surface area contributed by atoms with Gasteiger partial charge in [-0.3, -0.25) is 4.79 Å².